The van der Waals surface area contributed by atoms with Gasteiger partial charge in [0, 0.05) is 32.4 Å². The third kappa shape index (κ3) is 18.7. The Morgan fingerprint density at radius 3 is 1.64 bits per heavy atom. The number of hydrogen-bond donors (Lipinski definition) is 3. The number of nitrogens with one attached hydrogen (secondary N) is 2. The van der Waals surface area contributed by atoms with Crippen molar-refractivity contribution >= 4 is 18.1 Å². The van der Waals surface area contributed by atoms with E-state index in [1.54, 1.807) is 0 Å². The van der Waals surface area contributed by atoms with Gasteiger partial charge in [0.1, 0.15) is 6.29 Å². The van der Waals surface area contributed by atoms with Crippen LogP contribution in [0.1, 0.15) is 83.5 Å². The molecule has 4 N–H and O–H groups in total. The Morgan fingerprint density at radius 1 is 0.680 bits per heavy atom. The van der Waals surface area contributed by atoms with Gasteiger partial charge in [-0.15, -0.1) is 0 Å². The second-order valence-electron chi connectivity index (χ2n) is 6.48. The molecule has 6 heteroatoms. The normalized spacial score (nSPS) is 10.4. The predicted molar refractivity (Wildman–Crippen MR) is 101 cm³/mol. The van der Waals surface area contributed by atoms with E-state index >= 15 is 0 Å². The van der Waals surface area contributed by atoms with Crippen LogP contribution in [0.25, 0.3) is 0 Å². The Labute approximate surface area is 152 Å². The molecule has 0 rings (SSSR count). The van der Waals surface area contributed by atoms with Crippen molar-refractivity contribution in [2.24, 2.45) is 5.73 Å². The van der Waals surface area contributed by atoms with Crippen molar-refractivity contribution < 1.29 is 14.4 Å². The van der Waals surface area contributed by atoms with Gasteiger partial charge in [0.25, 0.3) is 0 Å². The Kier molecular flexibility index (Phi) is 17.8. The van der Waals surface area contributed by atoms with Crippen molar-refractivity contribution in [3.63, 3.8) is 0 Å². The molecule has 0 heterocycles. The Morgan fingerprint density at radius 2 is 1.16 bits per heavy atom. The van der Waals surface area contributed by atoms with Crippen LogP contribution in [-0.2, 0) is 14.4 Å². The maximum Gasteiger partial charge on any atom is 0.219 e. The summed E-state index contributed by atoms with van der Waals surface area (Å²) >= 11 is 0. The van der Waals surface area contributed by atoms with Crippen LogP contribution in [0.2, 0.25) is 0 Å². The summed E-state index contributed by atoms with van der Waals surface area (Å²) in [6.07, 6.45) is 12.3. The van der Waals surface area contributed by atoms with E-state index in [1.807, 2.05) is 0 Å². The van der Waals surface area contributed by atoms with Gasteiger partial charge in [0.15, 0.2) is 0 Å². The predicted octanol–water partition coefficient (Wildman–Crippen LogP) is 2.45. The van der Waals surface area contributed by atoms with Crippen LogP contribution >= 0.6 is 0 Å². The summed E-state index contributed by atoms with van der Waals surface area (Å²) in [6, 6.07) is 0. The highest BCUT2D eigenvalue weighted by Gasteiger charge is 2.03. The number of rotatable bonds is 18. The zero-order chi connectivity index (χ0) is 18.6. The lowest BCUT2D eigenvalue weighted by Crippen LogP contribution is -2.25. The number of carbonyl (C=O) groups excluding carboxylic acids is 3. The van der Waals surface area contributed by atoms with E-state index in [2.05, 4.69) is 10.6 Å². The molecule has 0 saturated heterocycles. The fraction of sp³-hybridized carbons (Fsp3) is 0.842. The average Bonchev–Trinajstić information content (AvgIpc) is 2.61. The van der Waals surface area contributed by atoms with Crippen LogP contribution in [0.15, 0.2) is 0 Å². The molecular formula is C19H37N3O3. The third-order valence-electron chi connectivity index (χ3n) is 4.08. The Bertz CT molecular complexity index is 349. The number of amides is 2. The molecule has 0 bridgehead atoms. The summed E-state index contributed by atoms with van der Waals surface area (Å²) in [4.78, 5) is 33.5. The molecule has 2 amide bonds. The lowest BCUT2D eigenvalue weighted by atomic mass is 10.1. The number of aldehydes is 1. The van der Waals surface area contributed by atoms with Crippen LogP contribution in [0.3, 0.4) is 0 Å². The molecule has 0 unspecified atom stereocenters. The van der Waals surface area contributed by atoms with Crippen molar-refractivity contribution in [2.75, 3.05) is 19.6 Å². The van der Waals surface area contributed by atoms with E-state index in [9.17, 15) is 14.4 Å². The standard InChI is InChI=1S/C19H37N3O3/c20-14-8-2-4-10-16-22-19(25)13-7-6-12-18(24)21-15-9-3-1-5-11-17-23/h17H,1-16,20H2,(H,21,24)(H,22,25). The van der Waals surface area contributed by atoms with Crippen LogP contribution in [-0.4, -0.2) is 37.7 Å². The van der Waals surface area contributed by atoms with Gasteiger partial charge in [-0.25, -0.2) is 0 Å². The minimum atomic E-state index is 0.0632. The number of nitrogens with two attached hydrogens (primary N) is 1. The van der Waals surface area contributed by atoms with Gasteiger partial charge in [-0.3, -0.25) is 9.59 Å². The molecule has 0 aliphatic carbocycles. The number of carbonyl (C=O) groups is 3. The fourth-order valence-electron chi connectivity index (χ4n) is 2.53. The van der Waals surface area contributed by atoms with Crippen LogP contribution in [0.5, 0.6) is 0 Å². The number of unbranched alkanes of at least 4 members (excludes halogenated alkanes) is 8. The quantitative estimate of drug-likeness (QED) is 0.260. The molecular weight excluding hydrogens is 318 g/mol. The molecule has 146 valence electrons. The summed E-state index contributed by atoms with van der Waals surface area (Å²) in [6.45, 7) is 2.17. The van der Waals surface area contributed by atoms with E-state index < -0.39 is 0 Å². The van der Waals surface area contributed by atoms with E-state index in [-0.39, 0.29) is 11.8 Å². The molecule has 0 radical (unpaired) electrons. The van der Waals surface area contributed by atoms with Crippen LogP contribution in [0, 0.1) is 0 Å². The smallest absolute Gasteiger partial charge is 0.219 e. The zero-order valence-electron chi connectivity index (χ0n) is 15.7. The first-order chi connectivity index (χ1) is 12.2. The summed E-state index contributed by atoms with van der Waals surface area (Å²) in [7, 11) is 0. The lowest BCUT2D eigenvalue weighted by Gasteiger charge is -2.06. The second kappa shape index (κ2) is 18.9. The Hall–Kier alpha value is -1.43. The van der Waals surface area contributed by atoms with Gasteiger partial charge in [-0.1, -0.05) is 25.7 Å². The molecule has 0 atom stereocenters. The highest BCUT2D eigenvalue weighted by molar-refractivity contribution is 5.77. The third-order valence-corrected chi connectivity index (χ3v) is 4.08. The molecule has 0 saturated carbocycles. The number of hydrogen-bond acceptors (Lipinski definition) is 4. The van der Waals surface area contributed by atoms with E-state index in [4.69, 9.17) is 5.73 Å². The topological polar surface area (TPSA) is 101 Å². The zero-order valence-corrected chi connectivity index (χ0v) is 15.7. The van der Waals surface area contributed by atoms with Gasteiger partial charge in [0.2, 0.25) is 11.8 Å². The van der Waals surface area contributed by atoms with Gasteiger partial charge < -0.3 is 21.2 Å². The largest absolute Gasteiger partial charge is 0.356 e. The molecule has 25 heavy (non-hydrogen) atoms. The summed E-state index contributed by atoms with van der Waals surface area (Å²) in [5.41, 5.74) is 5.43. The molecule has 0 aliphatic rings. The minimum absolute atomic E-state index is 0.0632. The van der Waals surface area contributed by atoms with E-state index in [0.717, 1.165) is 83.6 Å². The molecule has 0 aromatic rings. The first-order valence-electron chi connectivity index (χ1n) is 9.87. The first kappa shape index (κ1) is 23.6. The van der Waals surface area contributed by atoms with Gasteiger partial charge in [0.05, 0.1) is 0 Å². The fourth-order valence-corrected chi connectivity index (χ4v) is 2.53. The second-order valence-corrected chi connectivity index (χ2v) is 6.48. The first-order valence-corrected chi connectivity index (χ1v) is 9.87. The molecule has 0 aromatic carbocycles. The monoisotopic (exact) mass is 355 g/mol. The van der Waals surface area contributed by atoms with Crippen molar-refractivity contribution in [1.82, 2.24) is 10.6 Å². The van der Waals surface area contributed by atoms with Crippen molar-refractivity contribution in [3.8, 4) is 0 Å². The maximum absolute atomic E-state index is 11.7. The van der Waals surface area contributed by atoms with Crippen LogP contribution in [0.4, 0.5) is 0 Å². The van der Waals surface area contributed by atoms with Gasteiger partial charge >= 0.3 is 0 Å². The van der Waals surface area contributed by atoms with E-state index in [0.29, 0.717) is 25.8 Å². The highest BCUT2D eigenvalue weighted by Crippen LogP contribution is 2.03. The Balaban J connectivity index is 3.32. The summed E-state index contributed by atoms with van der Waals surface area (Å²) < 4.78 is 0. The minimum Gasteiger partial charge on any atom is -0.356 e. The molecule has 0 aliphatic heterocycles. The molecule has 0 aromatic heterocycles. The maximum atomic E-state index is 11.7. The lowest BCUT2D eigenvalue weighted by molar-refractivity contribution is -0.123. The van der Waals surface area contributed by atoms with E-state index in [1.165, 1.54) is 0 Å². The summed E-state index contributed by atoms with van der Waals surface area (Å²) in [5.74, 6) is 0.141. The molecule has 0 spiro atoms. The van der Waals surface area contributed by atoms with Crippen molar-refractivity contribution in [3.05, 3.63) is 0 Å². The van der Waals surface area contributed by atoms with Crippen molar-refractivity contribution in [2.45, 2.75) is 83.5 Å². The SMILES string of the molecule is NCCCCCCNC(=O)CCCCC(=O)NCCCCCCC=O. The van der Waals surface area contributed by atoms with Gasteiger partial charge in [-0.05, 0) is 45.1 Å². The average molecular weight is 356 g/mol. The van der Waals surface area contributed by atoms with Crippen LogP contribution < -0.4 is 16.4 Å². The molecule has 0 fully saturated rings. The summed E-state index contributed by atoms with van der Waals surface area (Å²) in [5, 5.41) is 5.82. The van der Waals surface area contributed by atoms with Gasteiger partial charge in [-0.2, -0.15) is 0 Å². The van der Waals surface area contributed by atoms with Crippen molar-refractivity contribution in [1.29, 1.82) is 0 Å². The molecule has 6 nitrogen and oxygen atoms in total. The highest BCUT2D eigenvalue weighted by atomic mass is 16.2.